The average molecular weight is 260 g/mol. The molecule has 1 rings (SSSR count). The molecule has 0 saturated heterocycles. The van der Waals surface area contributed by atoms with Crippen LogP contribution in [0, 0.1) is 5.82 Å². The molecule has 0 heterocycles. The van der Waals surface area contributed by atoms with E-state index >= 15 is 0 Å². The first-order valence-corrected chi connectivity index (χ1v) is 5.24. The minimum Gasteiger partial charge on any atom is -0.341 e. The molecule has 3 amide bonds. The zero-order valence-electron chi connectivity index (χ0n) is 9.01. The molecule has 92 valence electrons. The molecule has 7 heteroatoms. The summed E-state index contributed by atoms with van der Waals surface area (Å²) in [5.74, 6) is -1.21. The molecular weight excluding hydrogens is 249 g/mol. The summed E-state index contributed by atoms with van der Waals surface area (Å²) in [7, 11) is 1.41. The molecule has 0 radical (unpaired) electrons. The molecule has 1 aromatic carbocycles. The van der Waals surface area contributed by atoms with E-state index in [1.165, 1.54) is 19.2 Å². The number of nitrogens with one attached hydrogen (secondary N) is 3. The van der Waals surface area contributed by atoms with Crippen molar-refractivity contribution in [1.82, 2.24) is 5.32 Å². The highest BCUT2D eigenvalue weighted by atomic mass is 35.5. The van der Waals surface area contributed by atoms with E-state index in [4.69, 9.17) is 11.6 Å². The second-order valence-electron chi connectivity index (χ2n) is 3.08. The van der Waals surface area contributed by atoms with Crippen molar-refractivity contribution in [2.24, 2.45) is 0 Å². The predicted octanol–water partition coefficient (Wildman–Crippen LogP) is 1.75. The van der Waals surface area contributed by atoms with E-state index in [2.05, 4.69) is 16.0 Å². The van der Waals surface area contributed by atoms with Gasteiger partial charge in [-0.05, 0) is 18.2 Å². The highest BCUT2D eigenvalue weighted by Gasteiger charge is 2.08. The average Bonchev–Trinajstić information content (AvgIpc) is 2.33. The Morgan fingerprint density at radius 1 is 1.35 bits per heavy atom. The topological polar surface area (TPSA) is 70.2 Å². The first-order valence-electron chi connectivity index (χ1n) is 4.71. The maximum atomic E-state index is 13.3. The third-order valence-electron chi connectivity index (χ3n) is 1.85. The minimum atomic E-state index is -0.600. The van der Waals surface area contributed by atoms with Crippen molar-refractivity contribution in [2.75, 3.05) is 23.6 Å². The van der Waals surface area contributed by atoms with Crippen molar-refractivity contribution in [3.63, 3.8) is 0 Å². The van der Waals surface area contributed by atoms with E-state index in [1.54, 1.807) is 0 Å². The molecule has 0 aromatic heterocycles. The smallest absolute Gasteiger partial charge is 0.319 e. The monoisotopic (exact) mass is 259 g/mol. The molecule has 0 spiro atoms. The highest BCUT2D eigenvalue weighted by Crippen LogP contribution is 2.19. The Labute approximate surface area is 102 Å². The van der Waals surface area contributed by atoms with Gasteiger partial charge in [-0.2, -0.15) is 0 Å². The van der Waals surface area contributed by atoms with Gasteiger partial charge in [0.05, 0.1) is 5.69 Å². The van der Waals surface area contributed by atoms with Gasteiger partial charge >= 0.3 is 6.03 Å². The van der Waals surface area contributed by atoms with Crippen LogP contribution in [-0.4, -0.2) is 24.9 Å². The van der Waals surface area contributed by atoms with Gasteiger partial charge in [0, 0.05) is 12.7 Å². The Hall–Kier alpha value is -1.82. The number of carbonyl (C=O) groups is 2. The quantitative estimate of drug-likeness (QED) is 0.724. The van der Waals surface area contributed by atoms with Gasteiger partial charge in [0.2, 0.25) is 5.91 Å². The van der Waals surface area contributed by atoms with Crippen molar-refractivity contribution in [2.45, 2.75) is 0 Å². The van der Waals surface area contributed by atoms with E-state index in [1.807, 2.05) is 0 Å². The molecule has 0 atom stereocenters. The first kappa shape index (κ1) is 13.2. The van der Waals surface area contributed by atoms with Crippen LogP contribution >= 0.6 is 11.6 Å². The summed E-state index contributed by atoms with van der Waals surface area (Å²) in [6.07, 6.45) is 0. The predicted molar refractivity (Wildman–Crippen MR) is 63.8 cm³/mol. The van der Waals surface area contributed by atoms with Crippen LogP contribution in [0.25, 0.3) is 0 Å². The Morgan fingerprint density at radius 2 is 2.06 bits per heavy atom. The molecular formula is C10H11ClFN3O2. The number of alkyl halides is 1. The number of hydrogen-bond acceptors (Lipinski definition) is 2. The molecule has 0 aliphatic rings. The molecule has 5 nitrogen and oxygen atoms in total. The number of amides is 3. The minimum absolute atomic E-state index is 0.0308. The third kappa shape index (κ3) is 3.92. The maximum Gasteiger partial charge on any atom is 0.319 e. The van der Waals surface area contributed by atoms with Crippen molar-refractivity contribution in [1.29, 1.82) is 0 Å². The molecule has 0 saturated carbocycles. The fraction of sp³-hybridized carbons (Fsp3) is 0.200. The molecule has 3 N–H and O–H groups in total. The van der Waals surface area contributed by atoms with Crippen molar-refractivity contribution in [3.05, 3.63) is 24.0 Å². The van der Waals surface area contributed by atoms with Gasteiger partial charge in [-0.25, -0.2) is 9.18 Å². The van der Waals surface area contributed by atoms with Gasteiger partial charge < -0.3 is 16.0 Å². The normalized spacial score (nSPS) is 9.59. The molecule has 0 aliphatic carbocycles. The van der Waals surface area contributed by atoms with Gasteiger partial charge in [0.15, 0.2) is 0 Å². The Balaban J connectivity index is 2.86. The summed E-state index contributed by atoms with van der Waals surface area (Å²) in [5, 5.41) is 7.01. The lowest BCUT2D eigenvalue weighted by molar-refractivity contribution is -0.113. The van der Waals surface area contributed by atoms with Gasteiger partial charge in [0.1, 0.15) is 11.7 Å². The third-order valence-corrected chi connectivity index (χ3v) is 2.09. The second-order valence-corrected chi connectivity index (χ2v) is 3.35. The number of halogens is 2. The SMILES string of the molecule is CNC(=O)Nc1cc(NC(=O)CCl)ccc1F. The van der Waals surface area contributed by atoms with E-state index in [0.29, 0.717) is 5.69 Å². The summed E-state index contributed by atoms with van der Waals surface area (Å²) in [6, 6.07) is 3.25. The van der Waals surface area contributed by atoms with E-state index in [0.717, 1.165) is 6.07 Å². The van der Waals surface area contributed by atoms with E-state index in [9.17, 15) is 14.0 Å². The lowest BCUT2D eigenvalue weighted by atomic mass is 10.2. The molecule has 0 fully saturated rings. The van der Waals surface area contributed by atoms with Crippen LogP contribution in [-0.2, 0) is 4.79 Å². The van der Waals surface area contributed by atoms with Crippen LogP contribution in [0.2, 0.25) is 0 Å². The van der Waals surface area contributed by atoms with E-state index in [-0.39, 0.29) is 11.6 Å². The Morgan fingerprint density at radius 3 is 2.65 bits per heavy atom. The molecule has 17 heavy (non-hydrogen) atoms. The van der Waals surface area contributed by atoms with Crippen LogP contribution in [0.15, 0.2) is 18.2 Å². The highest BCUT2D eigenvalue weighted by molar-refractivity contribution is 6.29. The largest absolute Gasteiger partial charge is 0.341 e. The first-order chi connectivity index (χ1) is 8.06. The number of urea groups is 1. The zero-order valence-corrected chi connectivity index (χ0v) is 9.77. The summed E-state index contributed by atoms with van der Waals surface area (Å²) in [5.41, 5.74) is 0.320. The van der Waals surface area contributed by atoms with Crippen molar-refractivity contribution in [3.8, 4) is 0 Å². The van der Waals surface area contributed by atoms with Gasteiger partial charge in [-0.1, -0.05) is 0 Å². The van der Waals surface area contributed by atoms with Gasteiger partial charge in [0.25, 0.3) is 0 Å². The lowest BCUT2D eigenvalue weighted by Gasteiger charge is -2.08. The Kier molecular flexibility index (Phi) is 4.71. The van der Waals surface area contributed by atoms with Crippen LogP contribution < -0.4 is 16.0 Å². The number of hydrogen-bond donors (Lipinski definition) is 3. The van der Waals surface area contributed by atoms with Crippen molar-refractivity contribution < 1.29 is 14.0 Å². The number of benzene rings is 1. The van der Waals surface area contributed by atoms with Crippen LogP contribution in [0.5, 0.6) is 0 Å². The van der Waals surface area contributed by atoms with Crippen LogP contribution in [0.4, 0.5) is 20.6 Å². The summed E-state index contributed by atoms with van der Waals surface area (Å²) in [4.78, 5) is 22.0. The van der Waals surface area contributed by atoms with Crippen LogP contribution in [0.1, 0.15) is 0 Å². The lowest BCUT2D eigenvalue weighted by Crippen LogP contribution is -2.25. The number of anilines is 2. The fourth-order valence-corrected chi connectivity index (χ4v) is 1.14. The standard InChI is InChI=1S/C10H11ClFN3O2/c1-13-10(17)15-8-4-6(2-3-7(8)12)14-9(16)5-11/h2-4H,5H2,1H3,(H,14,16)(H2,13,15,17). The molecule has 0 bridgehead atoms. The van der Waals surface area contributed by atoms with Gasteiger partial charge in [-0.3, -0.25) is 4.79 Å². The second kappa shape index (κ2) is 6.05. The summed E-state index contributed by atoms with van der Waals surface area (Å²) >= 11 is 5.31. The summed E-state index contributed by atoms with van der Waals surface area (Å²) in [6.45, 7) is 0. The maximum absolute atomic E-state index is 13.3. The molecule has 0 aliphatic heterocycles. The van der Waals surface area contributed by atoms with Crippen molar-refractivity contribution >= 4 is 34.9 Å². The molecule has 0 unspecified atom stereocenters. The number of rotatable bonds is 3. The van der Waals surface area contributed by atoms with Gasteiger partial charge in [-0.15, -0.1) is 11.6 Å². The fourth-order valence-electron chi connectivity index (χ4n) is 1.08. The Bertz CT molecular complexity index is 440. The summed E-state index contributed by atoms with van der Waals surface area (Å²) < 4.78 is 13.3. The number of carbonyl (C=O) groups excluding carboxylic acids is 2. The molecule has 1 aromatic rings. The van der Waals surface area contributed by atoms with E-state index < -0.39 is 17.8 Å². The van der Waals surface area contributed by atoms with Crippen LogP contribution in [0.3, 0.4) is 0 Å². The zero-order chi connectivity index (χ0) is 12.8.